The minimum Gasteiger partial charge on any atom is -0.454 e. The van der Waals surface area contributed by atoms with Gasteiger partial charge in [0, 0.05) is 25.6 Å². The first-order chi connectivity index (χ1) is 21.6. The summed E-state index contributed by atoms with van der Waals surface area (Å²) in [6.07, 6.45) is -0.401. The van der Waals surface area contributed by atoms with Crippen LogP contribution in [0, 0.1) is 22.7 Å². The van der Waals surface area contributed by atoms with Crippen LogP contribution in [0.5, 0.6) is 11.5 Å². The van der Waals surface area contributed by atoms with E-state index >= 15 is 0 Å². The topological polar surface area (TPSA) is 157 Å². The molecule has 2 fully saturated rings. The number of nitriles is 1. The molecule has 2 saturated heterocycles. The Balaban J connectivity index is 1.37. The third kappa shape index (κ3) is 8.25. The molecule has 244 valence electrons. The number of ether oxygens (including phenoxy) is 5. The fourth-order valence-corrected chi connectivity index (χ4v) is 7.66. The number of benzene rings is 2. The minimum absolute atomic E-state index is 0.00245. The van der Waals surface area contributed by atoms with Crippen LogP contribution >= 0.6 is 0 Å². The van der Waals surface area contributed by atoms with Gasteiger partial charge in [-0.3, -0.25) is 0 Å². The van der Waals surface area contributed by atoms with E-state index < -0.39 is 39.8 Å². The van der Waals surface area contributed by atoms with E-state index in [9.17, 15) is 18.3 Å². The fourth-order valence-electron chi connectivity index (χ4n) is 5.99. The second-order valence-corrected chi connectivity index (χ2v) is 14.4. The van der Waals surface area contributed by atoms with Crippen LogP contribution in [-0.2, 0) is 30.7 Å². The Bertz CT molecular complexity index is 1460. The van der Waals surface area contributed by atoms with Crippen LogP contribution in [0.2, 0.25) is 0 Å². The molecule has 5 rings (SSSR count). The average molecular weight is 644 g/mol. The normalized spacial score (nSPS) is 22.1. The molecule has 3 heterocycles. The summed E-state index contributed by atoms with van der Waals surface area (Å²) < 4.78 is 57.2. The lowest BCUT2D eigenvalue weighted by Crippen LogP contribution is -2.52. The van der Waals surface area contributed by atoms with Crippen LogP contribution in [0.4, 0.5) is 4.79 Å². The molecule has 0 saturated carbocycles. The molecule has 1 amide bonds. The van der Waals surface area contributed by atoms with Crippen molar-refractivity contribution in [3.05, 3.63) is 54.1 Å². The van der Waals surface area contributed by atoms with Gasteiger partial charge in [0.1, 0.15) is 6.10 Å². The Morgan fingerprint density at radius 2 is 1.96 bits per heavy atom. The first-order valence-electron chi connectivity index (χ1n) is 15.2. The Labute approximate surface area is 264 Å². The number of hydrogen-bond donors (Lipinski definition) is 2. The molecule has 0 aromatic heterocycles. The van der Waals surface area contributed by atoms with E-state index in [2.05, 4.69) is 11.4 Å². The number of aliphatic hydroxyl groups excluding tert-OH is 1. The van der Waals surface area contributed by atoms with Gasteiger partial charge in [0.2, 0.25) is 16.8 Å². The van der Waals surface area contributed by atoms with Gasteiger partial charge >= 0.3 is 6.09 Å². The number of hydrogen-bond acceptors (Lipinski definition) is 10. The van der Waals surface area contributed by atoms with Gasteiger partial charge in [-0.25, -0.2) is 13.2 Å². The van der Waals surface area contributed by atoms with Gasteiger partial charge in [-0.2, -0.15) is 9.57 Å². The molecule has 12 nitrogen and oxygen atoms in total. The summed E-state index contributed by atoms with van der Waals surface area (Å²) in [7, 11) is -4.15. The van der Waals surface area contributed by atoms with Gasteiger partial charge in [-0.15, -0.1) is 0 Å². The molecule has 3 aliphatic heterocycles. The molecule has 0 radical (unpaired) electrons. The van der Waals surface area contributed by atoms with Crippen molar-refractivity contribution >= 4 is 16.1 Å². The molecule has 5 atom stereocenters. The number of nitrogens with one attached hydrogen (secondary N) is 1. The first-order valence-corrected chi connectivity index (χ1v) is 16.7. The van der Waals surface area contributed by atoms with E-state index in [-0.39, 0.29) is 50.0 Å². The summed E-state index contributed by atoms with van der Waals surface area (Å²) in [5, 5.41) is 23.5. The molecule has 3 aliphatic rings. The van der Waals surface area contributed by atoms with Crippen LogP contribution < -0.4 is 14.8 Å². The van der Waals surface area contributed by atoms with Crippen molar-refractivity contribution < 1.29 is 42.0 Å². The smallest absolute Gasteiger partial charge is 0.407 e. The lowest BCUT2D eigenvalue weighted by atomic mass is 9.87. The van der Waals surface area contributed by atoms with Gasteiger partial charge in [-0.1, -0.05) is 44.2 Å². The maximum absolute atomic E-state index is 14.1. The molecule has 4 unspecified atom stereocenters. The molecule has 45 heavy (non-hydrogen) atoms. The van der Waals surface area contributed by atoms with E-state index in [1.807, 2.05) is 44.2 Å². The number of fused-ring (bicyclic) bond motifs is 2. The number of carbonyl (C=O) groups excluding carboxylic acids is 1. The van der Waals surface area contributed by atoms with Crippen molar-refractivity contribution in [2.24, 2.45) is 11.3 Å². The molecule has 0 aliphatic carbocycles. The quantitative estimate of drug-likeness (QED) is 0.292. The highest BCUT2D eigenvalue weighted by Gasteiger charge is 2.44. The summed E-state index contributed by atoms with van der Waals surface area (Å²) in [5.74, 6) is 0.715. The zero-order valence-electron chi connectivity index (χ0n) is 25.6. The van der Waals surface area contributed by atoms with Crippen molar-refractivity contribution in [2.75, 3.05) is 33.1 Å². The van der Waals surface area contributed by atoms with Gasteiger partial charge in [0.05, 0.1) is 42.2 Å². The van der Waals surface area contributed by atoms with Crippen molar-refractivity contribution in [3.63, 3.8) is 0 Å². The van der Waals surface area contributed by atoms with Crippen molar-refractivity contribution in [1.29, 1.82) is 5.26 Å². The third-order valence-corrected chi connectivity index (χ3v) is 10.2. The average Bonchev–Trinajstić information content (AvgIpc) is 3.75. The predicted molar refractivity (Wildman–Crippen MR) is 162 cm³/mol. The minimum atomic E-state index is -4.15. The highest BCUT2D eigenvalue weighted by molar-refractivity contribution is 7.89. The maximum Gasteiger partial charge on any atom is 0.407 e. The molecule has 13 heteroatoms. The monoisotopic (exact) mass is 643 g/mol. The van der Waals surface area contributed by atoms with E-state index in [4.69, 9.17) is 28.9 Å². The zero-order valence-corrected chi connectivity index (χ0v) is 26.4. The van der Waals surface area contributed by atoms with Crippen molar-refractivity contribution in [2.45, 2.75) is 75.4 Å². The first kappa shape index (κ1) is 33.0. The number of alkyl carbamates (subject to hydrolysis) is 1. The number of carbonyl (C=O) groups is 1. The highest BCUT2D eigenvalue weighted by atomic mass is 32.2. The predicted octanol–water partition coefficient (Wildman–Crippen LogP) is 3.59. The van der Waals surface area contributed by atoms with Crippen LogP contribution in [-0.4, -0.2) is 81.6 Å². The Kier molecular flexibility index (Phi) is 10.5. The molecule has 2 aromatic carbocycles. The van der Waals surface area contributed by atoms with E-state index in [1.54, 1.807) is 6.07 Å². The Morgan fingerprint density at radius 3 is 2.73 bits per heavy atom. The Morgan fingerprint density at radius 1 is 1.18 bits per heavy atom. The van der Waals surface area contributed by atoms with E-state index in [0.717, 1.165) is 12.0 Å². The number of rotatable bonds is 14. The molecule has 2 aromatic rings. The summed E-state index contributed by atoms with van der Waals surface area (Å²) in [6.45, 7) is 4.37. The summed E-state index contributed by atoms with van der Waals surface area (Å²) in [4.78, 5) is 13.1. The molecule has 0 bridgehead atoms. The Hall–Kier alpha value is -3.41. The van der Waals surface area contributed by atoms with Gasteiger partial charge < -0.3 is 34.1 Å². The van der Waals surface area contributed by atoms with Crippen LogP contribution in [0.1, 0.15) is 45.1 Å². The molecular formula is C32H41N3O9S. The largest absolute Gasteiger partial charge is 0.454 e. The summed E-state index contributed by atoms with van der Waals surface area (Å²) in [6, 6.07) is 15.0. The standard InChI is InChI=1S/C32H41N3O9S/c1-32(2,13-6-7-14-33)20-35(45(38,39)23-10-11-27-28(17-23)43-21-42-27)18-26(36)25(16-22-8-4-3-5-9-22)34-31(37)44-29-19-41-30-24(29)12-15-40-30/h3-5,8-11,17,24-26,29-30,36H,6-7,12-13,15-16,18-21H2,1-2H3,(H,34,37)/t24?,25-,26?,29?,30?/m0/s1. The highest BCUT2D eigenvalue weighted by Crippen LogP contribution is 2.36. The fraction of sp³-hybridized carbons (Fsp3) is 0.562. The number of sulfonamides is 1. The summed E-state index contributed by atoms with van der Waals surface area (Å²) >= 11 is 0. The third-order valence-electron chi connectivity index (χ3n) is 8.43. The second-order valence-electron chi connectivity index (χ2n) is 12.5. The van der Waals surface area contributed by atoms with Gasteiger partial charge in [-0.05, 0) is 48.8 Å². The van der Waals surface area contributed by atoms with Crippen LogP contribution in [0.3, 0.4) is 0 Å². The number of amides is 1. The zero-order chi connectivity index (χ0) is 32.0. The molecule has 2 N–H and O–H groups in total. The lowest BCUT2D eigenvalue weighted by molar-refractivity contribution is -0.0907. The van der Waals surface area contributed by atoms with Gasteiger partial charge in [0.15, 0.2) is 17.8 Å². The number of nitrogens with zero attached hydrogens (tertiary/aromatic N) is 2. The maximum atomic E-state index is 14.1. The van der Waals surface area contributed by atoms with E-state index in [1.165, 1.54) is 16.4 Å². The molecule has 0 spiro atoms. The number of unbranched alkanes of at least 4 members (excludes halogenated alkanes) is 1. The molecular weight excluding hydrogens is 602 g/mol. The van der Waals surface area contributed by atoms with Gasteiger partial charge in [0.25, 0.3) is 0 Å². The second kappa shape index (κ2) is 14.3. The van der Waals surface area contributed by atoms with Crippen LogP contribution in [0.15, 0.2) is 53.4 Å². The van der Waals surface area contributed by atoms with E-state index in [0.29, 0.717) is 37.4 Å². The van der Waals surface area contributed by atoms with Crippen molar-refractivity contribution in [3.8, 4) is 17.6 Å². The SMILES string of the molecule is CC(C)(CCCC#N)CN(CC(O)[C@H](Cc1ccccc1)NC(=O)OC1COC2OCCC12)S(=O)(=O)c1ccc2c(c1)OCO2. The number of aliphatic hydroxyl groups is 1. The van der Waals surface area contributed by atoms with Crippen LogP contribution in [0.25, 0.3) is 0 Å². The lowest BCUT2D eigenvalue weighted by Gasteiger charge is -2.35. The van der Waals surface area contributed by atoms with Crippen molar-refractivity contribution in [1.82, 2.24) is 9.62 Å². The summed E-state index contributed by atoms with van der Waals surface area (Å²) in [5.41, 5.74) is 0.321.